The molecule has 2 rings (SSSR count). The van der Waals surface area contributed by atoms with Crippen molar-refractivity contribution in [3.63, 3.8) is 0 Å². The van der Waals surface area contributed by atoms with Crippen LogP contribution in [0, 0.1) is 0 Å². The minimum atomic E-state index is -0.423. The van der Waals surface area contributed by atoms with Crippen molar-refractivity contribution in [2.75, 3.05) is 7.05 Å². The van der Waals surface area contributed by atoms with E-state index in [9.17, 15) is 5.11 Å². The first-order chi connectivity index (χ1) is 10.6. The van der Waals surface area contributed by atoms with E-state index in [2.05, 4.69) is 67.7 Å². The fraction of sp³-hybridized carbons (Fsp3) is 0.400. The van der Waals surface area contributed by atoms with Crippen LogP contribution in [0.2, 0.25) is 0 Å². The monoisotopic (exact) mass is 297 g/mol. The summed E-state index contributed by atoms with van der Waals surface area (Å²) in [6.45, 7) is 4.22. The van der Waals surface area contributed by atoms with E-state index >= 15 is 0 Å². The highest BCUT2D eigenvalue weighted by Crippen LogP contribution is 2.41. The number of aliphatic hydroxyl groups excluding tert-OH is 1. The second-order valence-corrected chi connectivity index (χ2v) is 6.02. The molecule has 118 valence electrons. The van der Waals surface area contributed by atoms with Gasteiger partial charge in [-0.1, -0.05) is 67.6 Å². The van der Waals surface area contributed by atoms with Gasteiger partial charge in [-0.15, -0.1) is 0 Å². The minimum Gasteiger partial charge on any atom is -0.392 e. The molecule has 0 aliphatic rings. The Morgan fingerprint density at radius 2 is 1.41 bits per heavy atom. The lowest BCUT2D eigenvalue weighted by Crippen LogP contribution is -2.45. The molecular weight excluding hydrogens is 270 g/mol. The maximum absolute atomic E-state index is 11.0. The second-order valence-electron chi connectivity index (χ2n) is 6.02. The summed E-state index contributed by atoms with van der Waals surface area (Å²) >= 11 is 0. The lowest BCUT2D eigenvalue weighted by atomic mass is 9.66. The molecule has 0 aromatic heterocycles. The number of nitrogens with one attached hydrogen (secondary N) is 1. The van der Waals surface area contributed by atoms with Gasteiger partial charge in [-0.25, -0.2) is 0 Å². The summed E-state index contributed by atoms with van der Waals surface area (Å²) in [5.74, 6) is 0. The zero-order chi connectivity index (χ0) is 16.0. The number of rotatable bonds is 7. The van der Waals surface area contributed by atoms with Crippen LogP contribution >= 0.6 is 0 Å². The van der Waals surface area contributed by atoms with Crippen LogP contribution in [-0.2, 0) is 5.41 Å². The summed E-state index contributed by atoms with van der Waals surface area (Å²) in [6.07, 6.45) is 1.15. The van der Waals surface area contributed by atoms with Crippen LogP contribution < -0.4 is 5.32 Å². The predicted octanol–water partition coefficient (Wildman–Crippen LogP) is 3.74. The molecule has 0 amide bonds. The average Bonchev–Trinajstić information content (AvgIpc) is 2.60. The van der Waals surface area contributed by atoms with Gasteiger partial charge >= 0.3 is 0 Å². The highest BCUT2D eigenvalue weighted by atomic mass is 16.3. The van der Waals surface area contributed by atoms with Crippen LogP contribution in [0.1, 0.15) is 37.8 Å². The molecule has 0 heterocycles. The van der Waals surface area contributed by atoms with E-state index in [-0.39, 0.29) is 5.41 Å². The first-order valence-electron chi connectivity index (χ1n) is 8.11. The summed E-state index contributed by atoms with van der Waals surface area (Å²) in [5, 5.41) is 14.3. The summed E-state index contributed by atoms with van der Waals surface area (Å²) in [5.41, 5.74) is 1.97. The van der Waals surface area contributed by atoms with Crippen LogP contribution in [0.5, 0.6) is 0 Å². The first kappa shape index (κ1) is 16.7. The summed E-state index contributed by atoms with van der Waals surface area (Å²) < 4.78 is 0. The number of hydrogen-bond donors (Lipinski definition) is 2. The van der Waals surface area contributed by atoms with E-state index in [0.717, 1.165) is 12.8 Å². The zero-order valence-electron chi connectivity index (χ0n) is 13.8. The summed E-state index contributed by atoms with van der Waals surface area (Å²) in [6, 6.07) is 21.1. The number of benzene rings is 2. The molecule has 0 bridgehead atoms. The van der Waals surface area contributed by atoms with E-state index in [0.29, 0.717) is 6.04 Å². The molecule has 0 radical (unpaired) electrons. The third-order valence-electron chi connectivity index (χ3n) is 4.65. The quantitative estimate of drug-likeness (QED) is 0.816. The van der Waals surface area contributed by atoms with Gasteiger partial charge in [0, 0.05) is 11.5 Å². The average molecular weight is 297 g/mol. The van der Waals surface area contributed by atoms with Crippen LogP contribution in [0.25, 0.3) is 0 Å². The van der Waals surface area contributed by atoms with Crippen molar-refractivity contribution in [3.05, 3.63) is 71.8 Å². The van der Waals surface area contributed by atoms with E-state index in [1.165, 1.54) is 11.1 Å². The first-order valence-corrected chi connectivity index (χ1v) is 8.11. The van der Waals surface area contributed by atoms with E-state index in [1.54, 1.807) is 0 Å². The van der Waals surface area contributed by atoms with Gasteiger partial charge in [0.1, 0.15) is 0 Å². The predicted molar refractivity (Wildman–Crippen MR) is 93.1 cm³/mol. The number of hydrogen-bond acceptors (Lipinski definition) is 2. The maximum Gasteiger partial charge on any atom is 0.0675 e. The van der Waals surface area contributed by atoms with Gasteiger partial charge < -0.3 is 10.4 Å². The van der Waals surface area contributed by atoms with Gasteiger partial charge in [-0.2, -0.15) is 0 Å². The van der Waals surface area contributed by atoms with Crippen molar-refractivity contribution in [2.45, 2.75) is 44.2 Å². The third kappa shape index (κ3) is 3.23. The normalized spacial score (nSPS) is 14.5. The third-order valence-corrected chi connectivity index (χ3v) is 4.65. The topological polar surface area (TPSA) is 32.3 Å². The van der Waals surface area contributed by atoms with Crippen molar-refractivity contribution in [1.29, 1.82) is 0 Å². The fourth-order valence-electron chi connectivity index (χ4n) is 3.33. The van der Waals surface area contributed by atoms with E-state index in [4.69, 9.17) is 0 Å². The SMILES string of the molecule is CC[C@@H](O)C(C[C@H](C)NC)(c1ccccc1)c1ccccc1. The zero-order valence-corrected chi connectivity index (χ0v) is 13.8. The summed E-state index contributed by atoms with van der Waals surface area (Å²) in [7, 11) is 1.98. The Hall–Kier alpha value is -1.64. The molecule has 0 aliphatic heterocycles. The van der Waals surface area contributed by atoms with Gasteiger partial charge in [-0.05, 0) is 37.9 Å². The Labute approximate surface area is 134 Å². The Bertz CT molecular complexity index is 513. The standard InChI is InChI=1S/C20H27NO/c1-4-19(22)20(15-16(2)21-3,17-11-7-5-8-12-17)18-13-9-6-10-14-18/h5-14,16,19,21-22H,4,15H2,1-3H3/t16-,19+/m0/s1. The van der Waals surface area contributed by atoms with Crippen molar-refractivity contribution in [1.82, 2.24) is 5.32 Å². The molecule has 0 saturated carbocycles. The highest BCUT2D eigenvalue weighted by Gasteiger charge is 2.41. The minimum absolute atomic E-state index is 0.307. The Balaban J connectivity index is 2.63. The van der Waals surface area contributed by atoms with Gasteiger partial charge in [0.05, 0.1) is 6.10 Å². The van der Waals surface area contributed by atoms with E-state index in [1.807, 2.05) is 19.2 Å². The molecule has 2 heteroatoms. The van der Waals surface area contributed by atoms with Gasteiger partial charge in [-0.3, -0.25) is 0 Å². The Kier molecular flexibility index (Phi) is 5.76. The molecule has 2 aromatic carbocycles. The molecule has 22 heavy (non-hydrogen) atoms. The Morgan fingerprint density at radius 3 is 1.77 bits per heavy atom. The highest BCUT2D eigenvalue weighted by molar-refractivity contribution is 5.41. The largest absolute Gasteiger partial charge is 0.392 e. The van der Waals surface area contributed by atoms with Crippen molar-refractivity contribution in [2.24, 2.45) is 0 Å². The summed E-state index contributed by atoms with van der Waals surface area (Å²) in [4.78, 5) is 0. The van der Waals surface area contributed by atoms with Crippen molar-refractivity contribution >= 4 is 0 Å². The van der Waals surface area contributed by atoms with Crippen molar-refractivity contribution in [3.8, 4) is 0 Å². The molecule has 2 atom stereocenters. The molecular formula is C20H27NO. The van der Waals surface area contributed by atoms with Gasteiger partial charge in [0.2, 0.25) is 0 Å². The lowest BCUT2D eigenvalue weighted by Gasteiger charge is -2.41. The van der Waals surface area contributed by atoms with Crippen LogP contribution in [-0.4, -0.2) is 24.3 Å². The maximum atomic E-state index is 11.0. The van der Waals surface area contributed by atoms with Crippen LogP contribution in [0.4, 0.5) is 0 Å². The lowest BCUT2D eigenvalue weighted by molar-refractivity contribution is 0.0872. The molecule has 0 saturated heterocycles. The van der Waals surface area contributed by atoms with Crippen LogP contribution in [0.15, 0.2) is 60.7 Å². The molecule has 2 nitrogen and oxygen atoms in total. The Morgan fingerprint density at radius 1 is 0.955 bits per heavy atom. The van der Waals surface area contributed by atoms with E-state index < -0.39 is 6.10 Å². The van der Waals surface area contributed by atoms with Gasteiger partial charge in [0.25, 0.3) is 0 Å². The molecule has 0 aliphatic carbocycles. The molecule has 0 spiro atoms. The molecule has 0 fully saturated rings. The second kappa shape index (κ2) is 7.57. The smallest absolute Gasteiger partial charge is 0.0675 e. The molecule has 0 unspecified atom stereocenters. The van der Waals surface area contributed by atoms with Gasteiger partial charge in [0.15, 0.2) is 0 Å². The molecule has 2 aromatic rings. The fourth-order valence-corrected chi connectivity index (χ4v) is 3.33. The number of aliphatic hydroxyl groups is 1. The van der Waals surface area contributed by atoms with Crippen LogP contribution in [0.3, 0.4) is 0 Å². The van der Waals surface area contributed by atoms with Crippen molar-refractivity contribution < 1.29 is 5.11 Å². The molecule has 2 N–H and O–H groups in total.